The van der Waals surface area contributed by atoms with Crippen LogP contribution in [0.3, 0.4) is 0 Å². The van der Waals surface area contributed by atoms with E-state index in [1.54, 1.807) is 10.5 Å². The average molecular weight is 313 g/mol. The van der Waals surface area contributed by atoms with E-state index in [1.165, 1.54) is 0 Å². The Bertz CT molecular complexity index is 561. The summed E-state index contributed by atoms with van der Waals surface area (Å²) in [7, 11) is -1.48. The molecule has 0 amide bonds. The lowest BCUT2D eigenvalue weighted by atomic mass is 10.3. The van der Waals surface area contributed by atoms with Crippen LogP contribution in [0.2, 0.25) is 0 Å². The molecule has 0 radical (unpaired) electrons. The van der Waals surface area contributed by atoms with Crippen molar-refractivity contribution in [1.82, 2.24) is 14.2 Å². The summed E-state index contributed by atoms with van der Waals surface area (Å²) in [6.45, 7) is 6.23. The second-order valence-corrected chi connectivity index (χ2v) is 7.57. The van der Waals surface area contributed by atoms with Crippen molar-refractivity contribution < 1.29 is 8.42 Å². The van der Waals surface area contributed by atoms with Gasteiger partial charge in [-0.2, -0.15) is 4.31 Å². The van der Waals surface area contributed by atoms with Crippen molar-refractivity contribution in [3.63, 3.8) is 0 Å². The van der Waals surface area contributed by atoms with Gasteiger partial charge in [-0.15, -0.1) is 0 Å². The van der Waals surface area contributed by atoms with Crippen molar-refractivity contribution in [1.29, 1.82) is 0 Å². The van der Waals surface area contributed by atoms with Gasteiger partial charge in [0.1, 0.15) is 4.90 Å². The standard InChI is InChI=1S/C15H27N3O2S/c1-4-6-9-18(13-7-8-13)21(19,20)15-10-14(11-16-3)17(5-2)12-15/h10,12-13,16H,4-9,11H2,1-3H3. The fourth-order valence-electron chi connectivity index (χ4n) is 2.60. The number of unbranched alkanes of at least 4 members (excludes halogenated alkanes) is 1. The van der Waals surface area contributed by atoms with Crippen LogP contribution in [0.25, 0.3) is 0 Å². The molecule has 1 aliphatic rings. The van der Waals surface area contributed by atoms with Gasteiger partial charge in [0.05, 0.1) is 0 Å². The van der Waals surface area contributed by atoms with E-state index >= 15 is 0 Å². The first-order valence-electron chi connectivity index (χ1n) is 7.90. The molecule has 0 aliphatic heterocycles. The molecule has 0 spiro atoms. The lowest BCUT2D eigenvalue weighted by Crippen LogP contribution is -2.33. The number of rotatable bonds is 9. The Balaban J connectivity index is 2.28. The van der Waals surface area contributed by atoms with Gasteiger partial charge in [0, 0.05) is 37.6 Å². The fourth-order valence-corrected chi connectivity index (χ4v) is 4.39. The number of aryl methyl sites for hydroxylation is 1. The summed E-state index contributed by atoms with van der Waals surface area (Å²) in [5.74, 6) is 0. The molecule has 0 saturated heterocycles. The third-order valence-corrected chi connectivity index (χ3v) is 5.87. The molecule has 0 unspecified atom stereocenters. The van der Waals surface area contributed by atoms with Gasteiger partial charge in [0.25, 0.3) is 0 Å². The van der Waals surface area contributed by atoms with E-state index in [9.17, 15) is 8.42 Å². The van der Waals surface area contributed by atoms with Gasteiger partial charge >= 0.3 is 0 Å². The van der Waals surface area contributed by atoms with Gasteiger partial charge in [-0.3, -0.25) is 0 Å². The van der Waals surface area contributed by atoms with E-state index in [2.05, 4.69) is 12.2 Å². The van der Waals surface area contributed by atoms with Gasteiger partial charge in [-0.25, -0.2) is 8.42 Å². The van der Waals surface area contributed by atoms with Crippen LogP contribution in [0, 0.1) is 0 Å². The van der Waals surface area contributed by atoms with E-state index in [0.717, 1.165) is 37.9 Å². The molecular formula is C15H27N3O2S. The molecule has 1 N–H and O–H groups in total. The van der Waals surface area contributed by atoms with E-state index < -0.39 is 10.0 Å². The second kappa shape index (κ2) is 6.94. The van der Waals surface area contributed by atoms with Crippen molar-refractivity contribution >= 4 is 10.0 Å². The highest BCUT2D eigenvalue weighted by Gasteiger charge is 2.38. The molecule has 21 heavy (non-hydrogen) atoms. The number of nitrogens with one attached hydrogen (secondary N) is 1. The first-order valence-corrected chi connectivity index (χ1v) is 9.34. The van der Waals surface area contributed by atoms with Gasteiger partial charge in [0.2, 0.25) is 10.0 Å². The predicted octanol–water partition coefficient (Wildman–Crippen LogP) is 2.18. The molecule has 1 aliphatic carbocycles. The molecule has 1 aromatic rings. The van der Waals surface area contributed by atoms with Crippen LogP contribution < -0.4 is 5.32 Å². The summed E-state index contributed by atoms with van der Waals surface area (Å²) < 4.78 is 29.5. The molecule has 5 nitrogen and oxygen atoms in total. The van der Waals surface area contributed by atoms with Crippen molar-refractivity contribution in [3.8, 4) is 0 Å². The van der Waals surface area contributed by atoms with E-state index in [0.29, 0.717) is 18.0 Å². The third kappa shape index (κ3) is 3.67. The van der Waals surface area contributed by atoms with Crippen molar-refractivity contribution in [2.75, 3.05) is 13.6 Å². The zero-order valence-electron chi connectivity index (χ0n) is 13.3. The summed E-state index contributed by atoms with van der Waals surface area (Å²) in [6.07, 6.45) is 5.72. The Labute approximate surface area is 128 Å². The van der Waals surface area contributed by atoms with Crippen LogP contribution in [0.5, 0.6) is 0 Å². The van der Waals surface area contributed by atoms with Crippen LogP contribution in [-0.4, -0.2) is 36.9 Å². The summed E-state index contributed by atoms with van der Waals surface area (Å²) >= 11 is 0. The Morgan fingerprint density at radius 1 is 1.38 bits per heavy atom. The van der Waals surface area contributed by atoms with Crippen LogP contribution in [0.1, 0.15) is 45.2 Å². The molecule has 1 heterocycles. The molecule has 1 fully saturated rings. The van der Waals surface area contributed by atoms with Gasteiger partial charge < -0.3 is 9.88 Å². The zero-order valence-corrected chi connectivity index (χ0v) is 14.1. The highest BCUT2D eigenvalue weighted by molar-refractivity contribution is 7.89. The van der Waals surface area contributed by atoms with Crippen LogP contribution >= 0.6 is 0 Å². The molecule has 0 aromatic carbocycles. The molecule has 0 atom stereocenters. The number of nitrogens with zero attached hydrogens (tertiary/aromatic N) is 2. The SMILES string of the molecule is CCCCN(C1CC1)S(=O)(=O)c1cc(CNC)n(CC)c1. The molecule has 6 heteroatoms. The van der Waals surface area contributed by atoms with Gasteiger partial charge in [-0.05, 0) is 39.3 Å². The van der Waals surface area contributed by atoms with Crippen molar-refractivity contribution in [2.24, 2.45) is 0 Å². The maximum atomic E-state index is 12.9. The first kappa shape index (κ1) is 16.5. The van der Waals surface area contributed by atoms with E-state index in [4.69, 9.17) is 0 Å². The number of sulfonamides is 1. The van der Waals surface area contributed by atoms with E-state index in [-0.39, 0.29) is 6.04 Å². The van der Waals surface area contributed by atoms with Gasteiger partial charge in [0.15, 0.2) is 0 Å². The highest BCUT2D eigenvalue weighted by Crippen LogP contribution is 2.32. The smallest absolute Gasteiger partial charge is 0.244 e. The minimum absolute atomic E-state index is 0.222. The van der Waals surface area contributed by atoms with Crippen LogP contribution in [0.4, 0.5) is 0 Å². The summed E-state index contributed by atoms with van der Waals surface area (Å²) in [6, 6.07) is 2.04. The third-order valence-electron chi connectivity index (χ3n) is 3.95. The second-order valence-electron chi connectivity index (χ2n) is 5.68. The minimum atomic E-state index is -3.36. The van der Waals surface area contributed by atoms with Crippen molar-refractivity contribution in [3.05, 3.63) is 18.0 Å². The van der Waals surface area contributed by atoms with E-state index in [1.807, 2.05) is 24.6 Å². The van der Waals surface area contributed by atoms with Crippen LogP contribution in [-0.2, 0) is 23.1 Å². The minimum Gasteiger partial charge on any atom is -0.349 e. The fraction of sp³-hybridized carbons (Fsp3) is 0.733. The quantitative estimate of drug-likeness (QED) is 0.760. The van der Waals surface area contributed by atoms with Gasteiger partial charge in [-0.1, -0.05) is 13.3 Å². The zero-order chi connectivity index (χ0) is 15.5. The Morgan fingerprint density at radius 2 is 2.10 bits per heavy atom. The maximum absolute atomic E-state index is 12.9. The number of hydrogen-bond donors (Lipinski definition) is 1. The lowest BCUT2D eigenvalue weighted by Gasteiger charge is -2.20. The largest absolute Gasteiger partial charge is 0.349 e. The first-order chi connectivity index (χ1) is 10.0. The predicted molar refractivity (Wildman–Crippen MR) is 84.7 cm³/mol. The lowest BCUT2D eigenvalue weighted by molar-refractivity contribution is 0.395. The summed E-state index contributed by atoms with van der Waals surface area (Å²) in [5, 5.41) is 3.09. The molecular weight excluding hydrogens is 286 g/mol. The molecule has 120 valence electrons. The summed E-state index contributed by atoms with van der Waals surface area (Å²) in [4.78, 5) is 0.442. The normalized spacial score (nSPS) is 15.8. The maximum Gasteiger partial charge on any atom is 0.244 e. The molecule has 2 rings (SSSR count). The summed E-state index contributed by atoms with van der Waals surface area (Å²) in [5.41, 5.74) is 1.02. The molecule has 1 saturated carbocycles. The topological polar surface area (TPSA) is 54.3 Å². The van der Waals surface area contributed by atoms with Crippen LogP contribution in [0.15, 0.2) is 17.2 Å². The molecule has 0 bridgehead atoms. The van der Waals surface area contributed by atoms with Crippen molar-refractivity contribution in [2.45, 2.75) is 63.6 Å². The number of hydrogen-bond acceptors (Lipinski definition) is 3. The Hall–Kier alpha value is -0.850. The monoisotopic (exact) mass is 313 g/mol. The average Bonchev–Trinajstić information content (AvgIpc) is 3.19. The highest BCUT2D eigenvalue weighted by atomic mass is 32.2. The molecule has 1 aromatic heterocycles. The Morgan fingerprint density at radius 3 is 2.62 bits per heavy atom. The number of aromatic nitrogens is 1. The Kier molecular flexibility index (Phi) is 5.46.